The Morgan fingerprint density at radius 3 is 1.28 bits per heavy atom. The van der Waals surface area contributed by atoms with Gasteiger partial charge in [-0.05, 0) is 12.8 Å². The van der Waals surface area contributed by atoms with Crippen molar-refractivity contribution in [3.8, 4) is 0 Å². The molecule has 0 spiro atoms. The van der Waals surface area contributed by atoms with Crippen molar-refractivity contribution in [2.45, 2.75) is 110 Å². The second-order valence-electron chi connectivity index (χ2n) is 6.83. The van der Waals surface area contributed by atoms with Crippen LogP contribution >= 0.6 is 0 Å². The van der Waals surface area contributed by atoms with E-state index in [4.69, 9.17) is 9.47 Å². The van der Waals surface area contributed by atoms with Crippen molar-refractivity contribution < 1.29 is 19.1 Å². The van der Waals surface area contributed by atoms with E-state index in [-0.39, 0.29) is 24.8 Å². The number of rotatable bonds is 18. The van der Waals surface area contributed by atoms with Gasteiger partial charge in [-0.2, -0.15) is 0 Å². The van der Waals surface area contributed by atoms with E-state index in [1.54, 1.807) is 0 Å². The SMILES string of the molecule is CCCCCCCCCCCCOC(=O)CCC(=O)OCCCCC. The van der Waals surface area contributed by atoms with Crippen molar-refractivity contribution in [1.82, 2.24) is 0 Å². The molecule has 0 radical (unpaired) electrons. The van der Waals surface area contributed by atoms with Crippen LogP contribution in [0.4, 0.5) is 0 Å². The lowest BCUT2D eigenvalue weighted by molar-refractivity contribution is -0.150. The van der Waals surface area contributed by atoms with Gasteiger partial charge in [0.05, 0.1) is 26.1 Å². The van der Waals surface area contributed by atoms with Crippen LogP contribution in [0.5, 0.6) is 0 Å². The zero-order valence-electron chi connectivity index (χ0n) is 16.7. The minimum Gasteiger partial charge on any atom is -0.466 e. The molecule has 148 valence electrons. The first-order chi connectivity index (χ1) is 12.2. The number of unbranched alkanes of at least 4 members (excludes halogenated alkanes) is 11. The number of hydrogen-bond donors (Lipinski definition) is 0. The molecule has 0 unspecified atom stereocenters. The lowest BCUT2D eigenvalue weighted by Crippen LogP contribution is -2.11. The molecule has 0 aliphatic heterocycles. The molecule has 0 aliphatic rings. The Labute approximate surface area is 155 Å². The standard InChI is InChI=1S/C21H40O4/c1-3-5-7-8-9-10-11-12-13-15-19-25-21(23)17-16-20(22)24-18-14-6-4-2/h3-19H2,1-2H3. The summed E-state index contributed by atoms with van der Waals surface area (Å²) in [7, 11) is 0. The number of carbonyl (C=O) groups is 2. The van der Waals surface area contributed by atoms with Crippen LogP contribution in [-0.4, -0.2) is 25.2 Å². The molecule has 0 bridgehead atoms. The second-order valence-corrected chi connectivity index (χ2v) is 6.83. The molecular weight excluding hydrogens is 316 g/mol. The third kappa shape index (κ3) is 19.1. The Hall–Kier alpha value is -1.06. The Bertz CT molecular complexity index is 315. The molecule has 0 N–H and O–H groups in total. The summed E-state index contributed by atoms with van der Waals surface area (Å²) >= 11 is 0. The van der Waals surface area contributed by atoms with Crippen LogP contribution in [-0.2, 0) is 19.1 Å². The van der Waals surface area contributed by atoms with Gasteiger partial charge in [0.1, 0.15) is 0 Å². The lowest BCUT2D eigenvalue weighted by atomic mass is 10.1. The van der Waals surface area contributed by atoms with E-state index in [0.717, 1.165) is 32.1 Å². The number of carbonyl (C=O) groups excluding carboxylic acids is 2. The molecule has 0 heterocycles. The highest BCUT2D eigenvalue weighted by Gasteiger charge is 2.08. The summed E-state index contributed by atoms with van der Waals surface area (Å²) in [4.78, 5) is 23.0. The molecule has 4 heteroatoms. The zero-order valence-corrected chi connectivity index (χ0v) is 16.7. The van der Waals surface area contributed by atoms with Crippen molar-refractivity contribution >= 4 is 11.9 Å². The van der Waals surface area contributed by atoms with Gasteiger partial charge in [-0.25, -0.2) is 0 Å². The molecule has 0 rings (SSSR count). The monoisotopic (exact) mass is 356 g/mol. The number of hydrogen-bond acceptors (Lipinski definition) is 4. The van der Waals surface area contributed by atoms with Crippen LogP contribution in [0.25, 0.3) is 0 Å². The lowest BCUT2D eigenvalue weighted by Gasteiger charge is -2.06. The van der Waals surface area contributed by atoms with E-state index in [0.29, 0.717) is 13.2 Å². The Balaban J connectivity index is 3.28. The Morgan fingerprint density at radius 1 is 0.520 bits per heavy atom. The van der Waals surface area contributed by atoms with Crippen molar-refractivity contribution in [3.05, 3.63) is 0 Å². The van der Waals surface area contributed by atoms with Crippen LogP contribution in [0.3, 0.4) is 0 Å². The minimum absolute atomic E-state index is 0.128. The van der Waals surface area contributed by atoms with E-state index >= 15 is 0 Å². The Kier molecular flexibility index (Phi) is 18.5. The van der Waals surface area contributed by atoms with Crippen molar-refractivity contribution in [2.75, 3.05) is 13.2 Å². The topological polar surface area (TPSA) is 52.6 Å². The predicted molar refractivity (Wildman–Crippen MR) is 103 cm³/mol. The molecule has 0 aromatic carbocycles. The van der Waals surface area contributed by atoms with Gasteiger partial charge in [0.25, 0.3) is 0 Å². The van der Waals surface area contributed by atoms with Gasteiger partial charge in [0.15, 0.2) is 0 Å². The molecule has 0 amide bonds. The van der Waals surface area contributed by atoms with Crippen LogP contribution in [0.1, 0.15) is 110 Å². The fourth-order valence-corrected chi connectivity index (χ4v) is 2.66. The summed E-state index contributed by atoms with van der Waals surface area (Å²) in [6, 6.07) is 0. The number of esters is 2. The maximum atomic E-state index is 11.6. The van der Waals surface area contributed by atoms with Crippen molar-refractivity contribution in [2.24, 2.45) is 0 Å². The highest BCUT2D eigenvalue weighted by Crippen LogP contribution is 2.10. The van der Waals surface area contributed by atoms with Crippen molar-refractivity contribution in [3.63, 3.8) is 0 Å². The molecule has 0 fully saturated rings. The number of ether oxygens (including phenoxy) is 2. The van der Waals surface area contributed by atoms with Crippen LogP contribution in [0.15, 0.2) is 0 Å². The molecule has 0 aromatic heterocycles. The average Bonchev–Trinajstić information content (AvgIpc) is 2.61. The summed E-state index contributed by atoms with van der Waals surface area (Å²) in [5.41, 5.74) is 0. The summed E-state index contributed by atoms with van der Waals surface area (Å²) in [5, 5.41) is 0. The zero-order chi connectivity index (χ0) is 18.6. The van der Waals surface area contributed by atoms with E-state index in [9.17, 15) is 9.59 Å². The summed E-state index contributed by atoms with van der Waals surface area (Å²) in [6.45, 7) is 5.28. The Morgan fingerprint density at radius 2 is 0.840 bits per heavy atom. The molecule has 0 saturated carbocycles. The first-order valence-electron chi connectivity index (χ1n) is 10.5. The van der Waals surface area contributed by atoms with E-state index in [1.807, 2.05) is 0 Å². The van der Waals surface area contributed by atoms with Gasteiger partial charge in [0, 0.05) is 0 Å². The smallest absolute Gasteiger partial charge is 0.306 e. The first kappa shape index (κ1) is 23.9. The summed E-state index contributed by atoms with van der Waals surface area (Å²) < 4.78 is 10.2. The summed E-state index contributed by atoms with van der Waals surface area (Å²) in [5.74, 6) is -0.589. The maximum absolute atomic E-state index is 11.6. The van der Waals surface area contributed by atoms with E-state index in [1.165, 1.54) is 51.4 Å². The van der Waals surface area contributed by atoms with Gasteiger partial charge in [-0.15, -0.1) is 0 Å². The van der Waals surface area contributed by atoms with E-state index in [2.05, 4.69) is 13.8 Å². The predicted octanol–water partition coefficient (Wildman–Crippen LogP) is 5.96. The minimum atomic E-state index is -0.299. The molecule has 0 atom stereocenters. The quantitative estimate of drug-likeness (QED) is 0.224. The molecule has 4 nitrogen and oxygen atoms in total. The van der Waals surface area contributed by atoms with Crippen LogP contribution in [0, 0.1) is 0 Å². The molecule has 0 aromatic rings. The third-order valence-electron chi connectivity index (χ3n) is 4.31. The largest absolute Gasteiger partial charge is 0.466 e. The van der Waals surface area contributed by atoms with Gasteiger partial charge in [-0.3, -0.25) is 9.59 Å². The van der Waals surface area contributed by atoms with Gasteiger partial charge >= 0.3 is 11.9 Å². The summed E-state index contributed by atoms with van der Waals surface area (Å²) in [6.07, 6.45) is 15.9. The van der Waals surface area contributed by atoms with Gasteiger partial charge < -0.3 is 9.47 Å². The average molecular weight is 357 g/mol. The van der Waals surface area contributed by atoms with Gasteiger partial charge in [-0.1, -0.05) is 84.5 Å². The normalized spacial score (nSPS) is 10.6. The highest BCUT2D eigenvalue weighted by molar-refractivity contribution is 5.77. The molecule has 0 aliphatic carbocycles. The molecule has 0 saturated heterocycles. The maximum Gasteiger partial charge on any atom is 0.306 e. The fraction of sp³-hybridized carbons (Fsp3) is 0.905. The van der Waals surface area contributed by atoms with E-state index < -0.39 is 0 Å². The molecule has 25 heavy (non-hydrogen) atoms. The van der Waals surface area contributed by atoms with Crippen LogP contribution < -0.4 is 0 Å². The third-order valence-corrected chi connectivity index (χ3v) is 4.31. The fourth-order valence-electron chi connectivity index (χ4n) is 2.66. The van der Waals surface area contributed by atoms with Crippen molar-refractivity contribution in [1.29, 1.82) is 0 Å². The second kappa shape index (κ2) is 19.3. The first-order valence-corrected chi connectivity index (χ1v) is 10.5. The highest BCUT2D eigenvalue weighted by atomic mass is 16.5. The van der Waals surface area contributed by atoms with Crippen LogP contribution in [0.2, 0.25) is 0 Å². The van der Waals surface area contributed by atoms with Gasteiger partial charge in [0.2, 0.25) is 0 Å². The molecular formula is C21H40O4.